The van der Waals surface area contributed by atoms with Crippen molar-refractivity contribution in [1.29, 1.82) is 0 Å². The van der Waals surface area contributed by atoms with Gasteiger partial charge in [-0.05, 0) is 31.4 Å². The minimum atomic E-state index is -0.143. The predicted molar refractivity (Wildman–Crippen MR) is 61.3 cm³/mol. The number of nitrogens with one attached hydrogen (secondary N) is 1. The number of rotatable bonds is 5. The van der Waals surface area contributed by atoms with E-state index < -0.39 is 0 Å². The quantitative estimate of drug-likeness (QED) is 0.789. The van der Waals surface area contributed by atoms with E-state index in [1.807, 2.05) is 29.8 Å². The van der Waals surface area contributed by atoms with Crippen molar-refractivity contribution in [3.8, 4) is 0 Å². The summed E-state index contributed by atoms with van der Waals surface area (Å²) >= 11 is 0. The lowest BCUT2D eigenvalue weighted by molar-refractivity contribution is 0.0905. The zero-order valence-corrected chi connectivity index (χ0v) is 9.52. The first-order valence-electron chi connectivity index (χ1n) is 5.84. The molecule has 4 heteroatoms. The molecule has 1 aliphatic rings. The number of aliphatic hydroxyl groups is 1. The summed E-state index contributed by atoms with van der Waals surface area (Å²) in [6.45, 7) is 1.94. The second-order valence-electron chi connectivity index (χ2n) is 4.29. The van der Waals surface area contributed by atoms with Gasteiger partial charge in [0.1, 0.15) is 5.69 Å². The Hall–Kier alpha value is -1.29. The number of carbonyl (C=O) groups excluding carboxylic acids is 1. The molecule has 16 heavy (non-hydrogen) atoms. The molecule has 0 bridgehead atoms. The van der Waals surface area contributed by atoms with Crippen LogP contribution in [0.5, 0.6) is 0 Å². The highest BCUT2D eigenvalue weighted by atomic mass is 16.3. The summed E-state index contributed by atoms with van der Waals surface area (Å²) in [6.07, 6.45) is 5.01. The summed E-state index contributed by atoms with van der Waals surface area (Å²) in [5.74, 6) is -0.0854. The lowest BCUT2D eigenvalue weighted by Crippen LogP contribution is -2.37. The molecule has 1 aromatic heterocycles. The number of carbonyl (C=O) groups is 1. The van der Waals surface area contributed by atoms with Crippen LogP contribution in [0.25, 0.3) is 0 Å². The van der Waals surface area contributed by atoms with Crippen molar-refractivity contribution in [1.82, 2.24) is 9.88 Å². The molecule has 1 saturated carbocycles. The molecular formula is C12H18N2O2. The van der Waals surface area contributed by atoms with Crippen LogP contribution in [-0.4, -0.2) is 28.2 Å². The number of nitrogens with zero attached hydrogens (tertiary/aromatic N) is 1. The monoisotopic (exact) mass is 222 g/mol. The van der Waals surface area contributed by atoms with Crippen LogP contribution in [0.15, 0.2) is 18.3 Å². The maximum atomic E-state index is 11.9. The summed E-state index contributed by atoms with van der Waals surface area (Å²) in [4.78, 5) is 11.9. The van der Waals surface area contributed by atoms with Gasteiger partial charge in [0.2, 0.25) is 0 Å². The number of amides is 1. The van der Waals surface area contributed by atoms with Gasteiger partial charge in [0.15, 0.2) is 0 Å². The first kappa shape index (κ1) is 11.2. The van der Waals surface area contributed by atoms with Crippen LogP contribution in [-0.2, 0) is 0 Å². The van der Waals surface area contributed by atoms with Crippen molar-refractivity contribution in [2.75, 3.05) is 6.61 Å². The Labute approximate surface area is 95.3 Å². The number of aliphatic hydroxyl groups excluding tert-OH is 1. The van der Waals surface area contributed by atoms with Gasteiger partial charge in [-0.3, -0.25) is 4.79 Å². The van der Waals surface area contributed by atoms with Gasteiger partial charge >= 0.3 is 0 Å². The largest absolute Gasteiger partial charge is 0.394 e. The van der Waals surface area contributed by atoms with Gasteiger partial charge in [0.05, 0.1) is 12.6 Å². The average molecular weight is 222 g/mol. The molecule has 1 atom stereocenters. The molecule has 88 valence electrons. The van der Waals surface area contributed by atoms with Gasteiger partial charge in [0, 0.05) is 12.2 Å². The van der Waals surface area contributed by atoms with Crippen molar-refractivity contribution >= 4 is 5.91 Å². The molecule has 0 saturated heterocycles. The topological polar surface area (TPSA) is 54.3 Å². The Morgan fingerprint density at radius 1 is 1.69 bits per heavy atom. The van der Waals surface area contributed by atoms with Gasteiger partial charge in [-0.2, -0.15) is 0 Å². The lowest BCUT2D eigenvalue weighted by Gasteiger charge is -2.15. The molecule has 0 spiro atoms. The Kier molecular flexibility index (Phi) is 3.29. The van der Waals surface area contributed by atoms with Crippen molar-refractivity contribution in [3.63, 3.8) is 0 Å². The zero-order valence-electron chi connectivity index (χ0n) is 9.52. The summed E-state index contributed by atoms with van der Waals surface area (Å²) < 4.78 is 2.03. The molecule has 0 radical (unpaired) electrons. The molecule has 0 unspecified atom stereocenters. The molecule has 2 N–H and O–H groups in total. The average Bonchev–Trinajstić information content (AvgIpc) is 3.03. The van der Waals surface area contributed by atoms with E-state index in [1.165, 1.54) is 0 Å². The smallest absolute Gasteiger partial charge is 0.268 e. The van der Waals surface area contributed by atoms with Crippen molar-refractivity contribution in [2.24, 2.45) is 0 Å². The normalized spacial score (nSPS) is 17.1. The molecule has 1 heterocycles. The predicted octanol–water partition coefficient (Wildman–Crippen LogP) is 1.32. The van der Waals surface area contributed by atoms with Crippen LogP contribution in [0.2, 0.25) is 0 Å². The van der Waals surface area contributed by atoms with Crippen molar-refractivity contribution < 1.29 is 9.90 Å². The van der Waals surface area contributed by atoms with Crippen molar-refractivity contribution in [2.45, 2.75) is 38.3 Å². The lowest BCUT2D eigenvalue weighted by atomic mass is 10.2. The van der Waals surface area contributed by atoms with Crippen LogP contribution in [0.3, 0.4) is 0 Å². The Balaban J connectivity index is 2.05. The summed E-state index contributed by atoms with van der Waals surface area (Å²) in [5.41, 5.74) is 0.703. The molecular weight excluding hydrogens is 204 g/mol. The number of aromatic nitrogens is 1. The highest BCUT2D eigenvalue weighted by Crippen LogP contribution is 2.35. The van der Waals surface area contributed by atoms with Crippen LogP contribution >= 0.6 is 0 Å². The molecule has 4 nitrogen and oxygen atoms in total. The summed E-state index contributed by atoms with van der Waals surface area (Å²) in [5, 5.41) is 11.9. The van der Waals surface area contributed by atoms with Crippen LogP contribution in [0.1, 0.15) is 42.7 Å². The van der Waals surface area contributed by atoms with Gasteiger partial charge < -0.3 is 15.0 Å². The number of hydrogen-bond donors (Lipinski definition) is 2. The van der Waals surface area contributed by atoms with E-state index in [2.05, 4.69) is 5.32 Å². The van der Waals surface area contributed by atoms with E-state index in [9.17, 15) is 4.79 Å². The maximum absolute atomic E-state index is 11.9. The maximum Gasteiger partial charge on any atom is 0.268 e. The van der Waals surface area contributed by atoms with Crippen LogP contribution in [0, 0.1) is 0 Å². The number of hydrogen-bond acceptors (Lipinski definition) is 2. The minimum absolute atomic E-state index is 0.00756. The van der Waals surface area contributed by atoms with Gasteiger partial charge in [-0.25, -0.2) is 0 Å². The molecule has 0 aromatic carbocycles. The first-order valence-corrected chi connectivity index (χ1v) is 5.84. The Bertz CT molecular complexity index is 365. The van der Waals surface area contributed by atoms with Gasteiger partial charge in [-0.15, -0.1) is 0 Å². The first-order chi connectivity index (χ1) is 7.76. The van der Waals surface area contributed by atoms with Crippen LogP contribution in [0.4, 0.5) is 0 Å². The van der Waals surface area contributed by atoms with Gasteiger partial charge in [-0.1, -0.05) is 6.92 Å². The van der Waals surface area contributed by atoms with Crippen molar-refractivity contribution in [3.05, 3.63) is 24.0 Å². The third-order valence-electron chi connectivity index (χ3n) is 3.00. The van der Waals surface area contributed by atoms with E-state index >= 15 is 0 Å². The highest BCUT2D eigenvalue weighted by Gasteiger charge is 2.27. The molecule has 1 fully saturated rings. The van der Waals surface area contributed by atoms with E-state index in [-0.39, 0.29) is 18.6 Å². The molecule has 2 rings (SSSR count). The van der Waals surface area contributed by atoms with E-state index in [4.69, 9.17) is 5.11 Å². The standard InChI is InChI=1S/C12H18N2O2/c1-2-9(8-15)13-12(16)11-4-3-7-14(11)10-5-6-10/h3-4,7,9-10,15H,2,5-6,8H2,1H3,(H,13,16)/t9-/m0/s1. The Morgan fingerprint density at radius 3 is 3.00 bits per heavy atom. The second kappa shape index (κ2) is 4.70. The highest BCUT2D eigenvalue weighted by molar-refractivity contribution is 5.93. The van der Waals surface area contributed by atoms with E-state index in [0.717, 1.165) is 19.3 Å². The summed E-state index contributed by atoms with van der Waals surface area (Å²) in [6, 6.07) is 4.09. The molecule has 0 aliphatic heterocycles. The fraction of sp³-hybridized carbons (Fsp3) is 0.583. The van der Waals surface area contributed by atoms with Crippen LogP contribution < -0.4 is 5.32 Å². The molecule has 1 aromatic rings. The minimum Gasteiger partial charge on any atom is -0.394 e. The third-order valence-corrected chi connectivity index (χ3v) is 3.00. The zero-order chi connectivity index (χ0) is 11.5. The van der Waals surface area contributed by atoms with E-state index in [0.29, 0.717) is 11.7 Å². The Morgan fingerprint density at radius 2 is 2.44 bits per heavy atom. The molecule has 1 aliphatic carbocycles. The fourth-order valence-electron chi connectivity index (χ4n) is 1.79. The van der Waals surface area contributed by atoms with Gasteiger partial charge in [0.25, 0.3) is 5.91 Å². The van der Waals surface area contributed by atoms with E-state index in [1.54, 1.807) is 0 Å². The third kappa shape index (κ3) is 2.27. The SMILES string of the molecule is CC[C@@H](CO)NC(=O)c1cccn1C1CC1. The second-order valence-corrected chi connectivity index (χ2v) is 4.29. The fourth-order valence-corrected chi connectivity index (χ4v) is 1.79. The molecule has 1 amide bonds. The summed E-state index contributed by atoms with van der Waals surface area (Å²) in [7, 11) is 0.